The molecule has 0 bridgehead atoms. The molecule has 0 atom stereocenters. The van der Waals surface area contributed by atoms with Crippen molar-refractivity contribution in [2.45, 2.75) is 19.4 Å². The Morgan fingerprint density at radius 2 is 1.72 bits per heavy atom. The first-order chi connectivity index (χ1) is 15.3. The van der Waals surface area contributed by atoms with E-state index in [9.17, 15) is 14.4 Å². The zero-order valence-electron chi connectivity index (χ0n) is 18.3. The van der Waals surface area contributed by atoms with Crippen LogP contribution in [-0.2, 0) is 17.8 Å². The van der Waals surface area contributed by atoms with E-state index >= 15 is 0 Å². The number of aryl methyl sites for hydroxylation is 1. The van der Waals surface area contributed by atoms with E-state index in [0.717, 1.165) is 11.1 Å². The molecule has 0 aliphatic rings. The van der Waals surface area contributed by atoms with Crippen LogP contribution in [0.1, 0.15) is 17.5 Å². The molecule has 32 heavy (non-hydrogen) atoms. The first-order valence-corrected chi connectivity index (χ1v) is 9.99. The number of hydrogen-bond donors (Lipinski definition) is 2. The third-order valence-electron chi connectivity index (χ3n) is 5.18. The highest BCUT2D eigenvalue weighted by Crippen LogP contribution is 2.28. The van der Waals surface area contributed by atoms with Crippen molar-refractivity contribution >= 4 is 17.4 Å². The van der Waals surface area contributed by atoms with Crippen molar-refractivity contribution in [3.05, 3.63) is 80.5 Å². The predicted octanol–water partition coefficient (Wildman–Crippen LogP) is 1.78. The van der Waals surface area contributed by atoms with Crippen molar-refractivity contribution in [3.63, 3.8) is 0 Å². The molecule has 0 fully saturated rings. The summed E-state index contributed by atoms with van der Waals surface area (Å²) in [5.41, 5.74) is 6.48. The van der Waals surface area contributed by atoms with Crippen molar-refractivity contribution < 1.29 is 14.3 Å². The van der Waals surface area contributed by atoms with Gasteiger partial charge in [-0.1, -0.05) is 36.4 Å². The number of ether oxygens (including phenoxy) is 2. The molecule has 3 N–H and O–H groups in total. The zero-order valence-corrected chi connectivity index (χ0v) is 18.3. The molecule has 1 aromatic heterocycles. The maximum atomic E-state index is 12.8. The van der Waals surface area contributed by atoms with Crippen LogP contribution < -0.4 is 31.4 Å². The summed E-state index contributed by atoms with van der Waals surface area (Å²) in [5.74, 6) is 0.783. The summed E-state index contributed by atoms with van der Waals surface area (Å²) >= 11 is 0. The minimum Gasteiger partial charge on any atom is -0.493 e. The van der Waals surface area contributed by atoms with Gasteiger partial charge in [0.15, 0.2) is 17.2 Å². The van der Waals surface area contributed by atoms with Gasteiger partial charge in [-0.2, -0.15) is 0 Å². The van der Waals surface area contributed by atoms with E-state index in [0.29, 0.717) is 17.9 Å². The minimum absolute atomic E-state index is 0.0576. The molecule has 2 aromatic carbocycles. The van der Waals surface area contributed by atoms with Crippen LogP contribution in [0.25, 0.3) is 0 Å². The standard InChI is InChI=1S/C23H26N4O5/c1-26(19(28)12-10-15-9-11-17(31-2)18(13-15)32-3)20-21(24)27(23(30)25-22(20)29)14-16-7-5-4-6-8-16/h4-9,11,13H,10,12,14,24H2,1-3H3,(H,25,29,30). The number of nitrogens with zero attached hydrogens (tertiary/aromatic N) is 2. The number of nitrogens with one attached hydrogen (secondary N) is 1. The highest BCUT2D eigenvalue weighted by molar-refractivity contribution is 5.95. The van der Waals surface area contributed by atoms with Crippen LogP contribution in [0.3, 0.4) is 0 Å². The molecule has 0 aliphatic carbocycles. The number of nitrogens with two attached hydrogens (primary N) is 1. The van der Waals surface area contributed by atoms with E-state index in [-0.39, 0.29) is 30.4 Å². The average molecular weight is 438 g/mol. The highest BCUT2D eigenvalue weighted by Gasteiger charge is 2.21. The van der Waals surface area contributed by atoms with Gasteiger partial charge in [0.1, 0.15) is 5.82 Å². The van der Waals surface area contributed by atoms with Gasteiger partial charge in [-0.3, -0.25) is 19.1 Å². The van der Waals surface area contributed by atoms with Crippen molar-refractivity contribution in [1.29, 1.82) is 0 Å². The number of carbonyl (C=O) groups excluding carboxylic acids is 1. The van der Waals surface area contributed by atoms with Crippen LogP contribution in [0.2, 0.25) is 0 Å². The average Bonchev–Trinajstić information content (AvgIpc) is 2.80. The van der Waals surface area contributed by atoms with Crippen molar-refractivity contribution in [1.82, 2.24) is 9.55 Å². The number of aromatic nitrogens is 2. The number of hydrogen-bond acceptors (Lipinski definition) is 6. The third-order valence-corrected chi connectivity index (χ3v) is 5.18. The summed E-state index contributed by atoms with van der Waals surface area (Å²) in [4.78, 5) is 41.1. The van der Waals surface area contributed by atoms with Gasteiger partial charge >= 0.3 is 5.69 Å². The molecule has 0 saturated carbocycles. The Balaban J connectivity index is 1.81. The Morgan fingerprint density at radius 3 is 2.38 bits per heavy atom. The molecule has 0 saturated heterocycles. The summed E-state index contributed by atoms with van der Waals surface area (Å²) in [5, 5.41) is 0. The van der Waals surface area contributed by atoms with E-state index in [1.54, 1.807) is 26.4 Å². The first kappa shape index (κ1) is 22.7. The Morgan fingerprint density at radius 1 is 1.03 bits per heavy atom. The molecule has 168 valence electrons. The fourth-order valence-electron chi connectivity index (χ4n) is 3.40. The molecule has 0 unspecified atom stereocenters. The van der Waals surface area contributed by atoms with E-state index in [4.69, 9.17) is 15.2 Å². The van der Waals surface area contributed by atoms with Crippen molar-refractivity contribution in [2.75, 3.05) is 31.9 Å². The number of aromatic amines is 1. The number of methoxy groups -OCH3 is 2. The Hall–Kier alpha value is -4.01. The maximum absolute atomic E-state index is 12.8. The third kappa shape index (κ3) is 4.83. The van der Waals surface area contributed by atoms with Gasteiger partial charge < -0.3 is 20.1 Å². The molecule has 0 spiro atoms. The fourth-order valence-corrected chi connectivity index (χ4v) is 3.40. The quantitative estimate of drug-likeness (QED) is 0.553. The molecular weight excluding hydrogens is 412 g/mol. The number of benzene rings is 2. The molecule has 1 heterocycles. The van der Waals surface area contributed by atoms with Crippen LogP contribution >= 0.6 is 0 Å². The van der Waals surface area contributed by atoms with E-state index in [2.05, 4.69) is 4.98 Å². The van der Waals surface area contributed by atoms with Crippen LogP contribution in [0.5, 0.6) is 11.5 Å². The lowest BCUT2D eigenvalue weighted by Crippen LogP contribution is -2.39. The van der Waals surface area contributed by atoms with E-state index in [1.807, 2.05) is 36.4 Å². The molecule has 9 heteroatoms. The van der Waals surface area contributed by atoms with Crippen molar-refractivity contribution in [3.8, 4) is 11.5 Å². The monoisotopic (exact) mass is 438 g/mol. The Bertz CT molecular complexity index is 1220. The van der Waals surface area contributed by atoms with Gasteiger partial charge in [0.25, 0.3) is 5.56 Å². The summed E-state index contributed by atoms with van der Waals surface area (Å²) < 4.78 is 11.8. The lowest BCUT2D eigenvalue weighted by atomic mass is 10.1. The maximum Gasteiger partial charge on any atom is 0.330 e. The number of H-pyrrole nitrogens is 1. The molecular formula is C23H26N4O5. The highest BCUT2D eigenvalue weighted by atomic mass is 16.5. The second-order valence-electron chi connectivity index (χ2n) is 7.21. The molecule has 1 amide bonds. The van der Waals surface area contributed by atoms with Crippen LogP contribution in [0.4, 0.5) is 11.5 Å². The summed E-state index contributed by atoms with van der Waals surface area (Å²) in [6.07, 6.45) is 0.549. The van der Waals surface area contributed by atoms with Gasteiger partial charge in [-0.25, -0.2) is 4.79 Å². The molecule has 3 aromatic rings. The lowest BCUT2D eigenvalue weighted by molar-refractivity contribution is -0.118. The SMILES string of the molecule is COc1ccc(CCC(=O)N(C)c2c(N)n(Cc3ccccc3)c(=O)[nH]c2=O)cc1OC. The molecule has 9 nitrogen and oxygen atoms in total. The van der Waals surface area contributed by atoms with Gasteiger partial charge in [-0.05, 0) is 29.7 Å². The largest absolute Gasteiger partial charge is 0.493 e. The van der Waals surface area contributed by atoms with Crippen LogP contribution in [0.15, 0.2) is 58.1 Å². The second kappa shape index (κ2) is 9.86. The summed E-state index contributed by atoms with van der Waals surface area (Å²) in [6, 6.07) is 14.6. The summed E-state index contributed by atoms with van der Waals surface area (Å²) in [6.45, 7) is 0.170. The number of amides is 1. The fraction of sp³-hybridized carbons (Fsp3) is 0.261. The summed E-state index contributed by atoms with van der Waals surface area (Å²) in [7, 11) is 4.56. The smallest absolute Gasteiger partial charge is 0.330 e. The van der Waals surface area contributed by atoms with E-state index < -0.39 is 11.2 Å². The zero-order chi connectivity index (χ0) is 23.3. The molecule has 3 rings (SSSR count). The lowest BCUT2D eigenvalue weighted by Gasteiger charge is -2.20. The van der Waals surface area contributed by atoms with Crippen LogP contribution in [0, 0.1) is 0 Å². The van der Waals surface area contributed by atoms with Crippen LogP contribution in [-0.4, -0.2) is 36.7 Å². The number of nitrogen functional groups attached to an aromatic ring is 1. The number of anilines is 2. The Kier molecular flexibility index (Phi) is 6.99. The van der Waals surface area contributed by atoms with Gasteiger partial charge in [0, 0.05) is 13.5 Å². The van der Waals surface area contributed by atoms with Gasteiger partial charge in [0.05, 0.1) is 20.8 Å². The van der Waals surface area contributed by atoms with Gasteiger partial charge in [0.2, 0.25) is 5.91 Å². The van der Waals surface area contributed by atoms with Gasteiger partial charge in [-0.15, -0.1) is 0 Å². The topological polar surface area (TPSA) is 120 Å². The number of carbonyl (C=O) groups is 1. The number of rotatable bonds is 8. The minimum atomic E-state index is -0.709. The molecule has 0 aliphatic heterocycles. The Labute approximate surface area is 185 Å². The second-order valence-corrected chi connectivity index (χ2v) is 7.21. The van der Waals surface area contributed by atoms with Crippen molar-refractivity contribution in [2.24, 2.45) is 0 Å². The van der Waals surface area contributed by atoms with E-state index in [1.165, 1.54) is 16.5 Å². The molecule has 0 radical (unpaired) electrons. The predicted molar refractivity (Wildman–Crippen MR) is 123 cm³/mol. The normalized spacial score (nSPS) is 10.6. The first-order valence-electron chi connectivity index (χ1n) is 9.99.